The summed E-state index contributed by atoms with van der Waals surface area (Å²) in [7, 11) is 0. The Morgan fingerprint density at radius 1 is 1.35 bits per heavy atom. The van der Waals surface area contributed by atoms with E-state index in [0.29, 0.717) is 24.9 Å². The number of amides is 1. The number of carbonyl (C=O) groups is 1. The summed E-state index contributed by atoms with van der Waals surface area (Å²) in [5.74, 6) is 0.299. The third-order valence-electron chi connectivity index (χ3n) is 3.98. The largest absolute Gasteiger partial charge is 0.338 e. The first kappa shape index (κ1) is 12.6. The van der Waals surface area contributed by atoms with Crippen LogP contribution in [0.2, 0.25) is 0 Å². The van der Waals surface area contributed by atoms with Crippen LogP contribution >= 0.6 is 0 Å². The van der Waals surface area contributed by atoms with Crippen molar-refractivity contribution in [1.29, 1.82) is 0 Å². The predicted octanol–water partition coefficient (Wildman–Crippen LogP) is 2.22. The molecule has 0 radical (unpaired) electrons. The lowest BCUT2D eigenvalue weighted by Gasteiger charge is -2.35. The third kappa shape index (κ3) is 3.32. The van der Waals surface area contributed by atoms with Gasteiger partial charge in [0.25, 0.3) is 0 Å². The molecule has 0 aromatic rings. The van der Waals surface area contributed by atoms with Crippen LogP contribution in [0, 0.1) is 0 Å². The van der Waals surface area contributed by atoms with E-state index >= 15 is 0 Å². The van der Waals surface area contributed by atoms with Crippen LogP contribution in [-0.4, -0.2) is 29.9 Å². The zero-order valence-corrected chi connectivity index (χ0v) is 10.7. The van der Waals surface area contributed by atoms with E-state index in [4.69, 9.17) is 5.73 Å². The third-order valence-corrected chi connectivity index (χ3v) is 3.98. The molecule has 0 aromatic carbocycles. The minimum atomic E-state index is 0.292. The van der Waals surface area contributed by atoms with Crippen molar-refractivity contribution in [1.82, 2.24) is 4.90 Å². The average molecular weight is 236 g/mol. The molecule has 17 heavy (non-hydrogen) atoms. The first-order valence-corrected chi connectivity index (χ1v) is 6.98. The number of hydrogen-bond donors (Lipinski definition) is 1. The second-order valence-corrected chi connectivity index (χ2v) is 5.26. The molecule has 2 rings (SSSR count). The van der Waals surface area contributed by atoms with Crippen molar-refractivity contribution < 1.29 is 4.79 Å². The molecule has 3 heteroatoms. The molecule has 0 saturated carbocycles. The van der Waals surface area contributed by atoms with E-state index in [1.54, 1.807) is 0 Å². The summed E-state index contributed by atoms with van der Waals surface area (Å²) >= 11 is 0. The fourth-order valence-corrected chi connectivity index (χ4v) is 2.93. The predicted molar refractivity (Wildman–Crippen MR) is 69.6 cm³/mol. The molecule has 1 fully saturated rings. The Kier molecular flexibility index (Phi) is 4.60. The van der Waals surface area contributed by atoms with Gasteiger partial charge in [0, 0.05) is 25.6 Å². The fraction of sp³-hybridized carbons (Fsp3) is 0.786. The number of piperidine rings is 1. The van der Waals surface area contributed by atoms with Crippen molar-refractivity contribution in [3.63, 3.8) is 0 Å². The van der Waals surface area contributed by atoms with Crippen LogP contribution in [0.25, 0.3) is 0 Å². The minimum absolute atomic E-state index is 0.292. The number of nitrogens with zero attached hydrogens (tertiary/aromatic N) is 1. The van der Waals surface area contributed by atoms with E-state index in [0.717, 1.165) is 32.2 Å². The van der Waals surface area contributed by atoms with E-state index in [-0.39, 0.29) is 0 Å². The van der Waals surface area contributed by atoms with Gasteiger partial charge in [0.1, 0.15) is 0 Å². The Hall–Kier alpha value is -0.830. The number of allylic oxidation sites excluding steroid dienone is 1. The van der Waals surface area contributed by atoms with Crippen molar-refractivity contribution >= 4 is 5.91 Å². The van der Waals surface area contributed by atoms with E-state index in [1.165, 1.54) is 24.8 Å². The standard InChI is InChI=1S/C14H24N2O/c15-11-13-8-4-5-9-16(13)14(17)10-12-6-2-1-3-7-12/h6,13H,1-5,7-11,15H2. The van der Waals surface area contributed by atoms with Crippen molar-refractivity contribution in [3.05, 3.63) is 11.6 Å². The average Bonchev–Trinajstić information content (AvgIpc) is 2.40. The molecule has 96 valence electrons. The summed E-state index contributed by atoms with van der Waals surface area (Å²) in [6.07, 6.45) is 11.2. The summed E-state index contributed by atoms with van der Waals surface area (Å²) in [6, 6.07) is 0.292. The van der Waals surface area contributed by atoms with Crippen LogP contribution in [0.3, 0.4) is 0 Å². The topological polar surface area (TPSA) is 46.3 Å². The van der Waals surface area contributed by atoms with Crippen LogP contribution in [0.4, 0.5) is 0 Å². The van der Waals surface area contributed by atoms with Gasteiger partial charge in [0.2, 0.25) is 5.91 Å². The number of hydrogen-bond acceptors (Lipinski definition) is 2. The molecule has 1 amide bonds. The monoisotopic (exact) mass is 236 g/mol. The van der Waals surface area contributed by atoms with Crippen molar-refractivity contribution in [2.24, 2.45) is 5.73 Å². The molecule has 1 unspecified atom stereocenters. The van der Waals surface area contributed by atoms with E-state index in [1.807, 2.05) is 4.90 Å². The van der Waals surface area contributed by atoms with Crippen LogP contribution < -0.4 is 5.73 Å². The summed E-state index contributed by atoms with van der Waals surface area (Å²) < 4.78 is 0. The summed E-state index contributed by atoms with van der Waals surface area (Å²) in [4.78, 5) is 14.3. The number of rotatable bonds is 3. The highest BCUT2D eigenvalue weighted by Crippen LogP contribution is 2.23. The normalized spacial score (nSPS) is 25.6. The highest BCUT2D eigenvalue weighted by atomic mass is 16.2. The van der Waals surface area contributed by atoms with Crippen molar-refractivity contribution in [2.45, 2.75) is 57.4 Å². The highest BCUT2D eigenvalue weighted by Gasteiger charge is 2.25. The maximum atomic E-state index is 12.3. The molecule has 1 aliphatic carbocycles. The lowest BCUT2D eigenvalue weighted by molar-refractivity contribution is -0.133. The maximum absolute atomic E-state index is 12.3. The smallest absolute Gasteiger partial charge is 0.226 e. The number of nitrogens with two attached hydrogens (primary N) is 1. The molecular formula is C14H24N2O. The van der Waals surface area contributed by atoms with Gasteiger partial charge in [-0.3, -0.25) is 4.79 Å². The molecule has 1 atom stereocenters. The number of carbonyl (C=O) groups excluding carboxylic acids is 1. The molecular weight excluding hydrogens is 212 g/mol. The fourth-order valence-electron chi connectivity index (χ4n) is 2.93. The Morgan fingerprint density at radius 2 is 2.24 bits per heavy atom. The van der Waals surface area contributed by atoms with Gasteiger partial charge in [0.15, 0.2) is 0 Å². The van der Waals surface area contributed by atoms with Gasteiger partial charge in [-0.2, -0.15) is 0 Å². The number of likely N-dealkylation sites (tertiary alicyclic amines) is 1. The second-order valence-electron chi connectivity index (χ2n) is 5.26. The molecule has 1 saturated heterocycles. The van der Waals surface area contributed by atoms with Gasteiger partial charge in [-0.15, -0.1) is 0 Å². The molecule has 0 bridgehead atoms. The summed E-state index contributed by atoms with van der Waals surface area (Å²) in [5.41, 5.74) is 7.11. The van der Waals surface area contributed by atoms with Gasteiger partial charge >= 0.3 is 0 Å². The van der Waals surface area contributed by atoms with Crippen LogP contribution in [0.5, 0.6) is 0 Å². The Bertz CT molecular complexity index is 299. The minimum Gasteiger partial charge on any atom is -0.338 e. The molecule has 0 aromatic heterocycles. The van der Waals surface area contributed by atoms with Crippen LogP contribution in [0.1, 0.15) is 51.4 Å². The van der Waals surface area contributed by atoms with E-state index < -0.39 is 0 Å². The Labute approximate surface area is 104 Å². The lowest BCUT2D eigenvalue weighted by atomic mass is 9.95. The quantitative estimate of drug-likeness (QED) is 0.764. The van der Waals surface area contributed by atoms with Gasteiger partial charge in [-0.05, 0) is 44.9 Å². The molecule has 3 nitrogen and oxygen atoms in total. The molecule has 1 heterocycles. The van der Waals surface area contributed by atoms with E-state index in [2.05, 4.69) is 6.08 Å². The van der Waals surface area contributed by atoms with Crippen molar-refractivity contribution in [3.8, 4) is 0 Å². The van der Waals surface area contributed by atoms with Gasteiger partial charge in [-0.25, -0.2) is 0 Å². The zero-order chi connectivity index (χ0) is 12.1. The van der Waals surface area contributed by atoms with E-state index in [9.17, 15) is 4.79 Å². The van der Waals surface area contributed by atoms with Gasteiger partial charge in [0.05, 0.1) is 0 Å². The second kappa shape index (κ2) is 6.20. The Morgan fingerprint density at radius 3 is 2.94 bits per heavy atom. The maximum Gasteiger partial charge on any atom is 0.226 e. The molecule has 0 spiro atoms. The van der Waals surface area contributed by atoms with Gasteiger partial charge in [-0.1, -0.05) is 11.6 Å². The molecule has 2 aliphatic rings. The van der Waals surface area contributed by atoms with Crippen molar-refractivity contribution in [2.75, 3.05) is 13.1 Å². The Balaban J connectivity index is 1.91. The molecule has 2 N–H and O–H groups in total. The summed E-state index contributed by atoms with van der Waals surface area (Å²) in [6.45, 7) is 1.53. The SMILES string of the molecule is NCC1CCCCN1C(=O)CC1=CCCCC1. The van der Waals surface area contributed by atoms with Gasteiger partial charge < -0.3 is 10.6 Å². The van der Waals surface area contributed by atoms with Crippen LogP contribution in [-0.2, 0) is 4.79 Å². The summed E-state index contributed by atoms with van der Waals surface area (Å²) in [5, 5.41) is 0. The first-order valence-electron chi connectivity index (χ1n) is 6.98. The first-order chi connectivity index (χ1) is 8.31. The molecule has 1 aliphatic heterocycles. The van der Waals surface area contributed by atoms with Crippen LogP contribution in [0.15, 0.2) is 11.6 Å². The lowest BCUT2D eigenvalue weighted by Crippen LogP contribution is -2.47. The zero-order valence-electron chi connectivity index (χ0n) is 10.7. The highest BCUT2D eigenvalue weighted by molar-refractivity contribution is 5.79.